The molecule has 2 heterocycles. The number of likely N-dealkylation sites (tertiary alicyclic amines) is 1. The molecule has 0 radical (unpaired) electrons. The summed E-state index contributed by atoms with van der Waals surface area (Å²) in [7, 11) is 1.61. The maximum atomic E-state index is 13.3. The number of nitrogens with one attached hydrogen (secondary N) is 1. The maximum absolute atomic E-state index is 13.3. The summed E-state index contributed by atoms with van der Waals surface area (Å²) >= 11 is 12.4. The molecule has 0 unspecified atom stereocenters. The summed E-state index contributed by atoms with van der Waals surface area (Å²) in [6.07, 6.45) is 2.39. The number of methoxy groups -OCH3 is 1. The summed E-state index contributed by atoms with van der Waals surface area (Å²) < 4.78 is 5.36. The third-order valence-electron chi connectivity index (χ3n) is 6.72. The predicted octanol–water partition coefficient (Wildman–Crippen LogP) is 6.46. The van der Waals surface area contributed by atoms with Crippen LogP contribution >= 0.6 is 23.2 Å². The molecule has 1 aliphatic rings. The highest BCUT2D eigenvalue weighted by atomic mass is 35.5. The number of H-pyrrole nitrogens is 1. The molecule has 0 saturated carbocycles. The SMILES string of the molecule is COc1ccc2[nH]cc(CCN3C(=O)C(=O)C(=C(O)c4ccc(Cl)cc4Cl)[C@@H]3c3ccc(C)cc3)c2c1. The number of aromatic nitrogens is 1. The number of ether oxygens (including phenoxy) is 1. The molecular weight excluding hydrogens is 511 g/mol. The van der Waals surface area contributed by atoms with Gasteiger partial charge < -0.3 is 19.7 Å². The van der Waals surface area contributed by atoms with Gasteiger partial charge in [-0.05, 0) is 60.9 Å². The number of aliphatic hydroxyl groups is 1. The Kier molecular flexibility index (Phi) is 6.71. The predicted molar refractivity (Wildman–Crippen MR) is 145 cm³/mol. The molecule has 1 atom stereocenters. The van der Waals surface area contributed by atoms with Gasteiger partial charge in [-0.3, -0.25) is 9.59 Å². The van der Waals surface area contributed by atoms with Crippen LogP contribution in [0.25, 0.3) is 16.7 Å². The van der Waals surface area contributed by atoms with Crippen molar-refractivity contribution in [2.45, 2.75) is 19.4 Å². The number of rotatable bonds is 6. The van der Waals surface area contributed by atoms with Crippen molar-refractivity contribution in [3.63, 3.8) is 0 Å². The Balaban J connectivity index is 1.57. The highest BCUT2D eigenvalue weighted by Crippen LogP contribution is 2.41. The molecule has 37 heavy (non-hydrogen) atoms. The van der Waals surface area contributed by atoms with E-state index >= 15 is 0 Å². The molecule has 0 bridgehead atoms. The molecule has 1 aliphatic heterocycles. The summed E-state index contributed by atoms with van der Waals surface area (Å²) in [5.74, 6) is -1.03. The number of amides is 1. The minimum absolute atomic E-state index is 0.00123. The molecule has 0 spiro atoms. The van der Waals surface area contributed by atoms with Crippen LogP contribution in [-0.2, 0) is 16.0 Å². The van der Waals surface area contributed by atoms with E-state index in [0.29, 0.717) is 11.4 Å². The Hall–Kier alpha value is -3.74. The molecule has 1 saturated heterocycles. The van der Waals surface area contributed by atoms with Crippen molar-refractivity contribution in [3.05, 3.63) is 105 Å². The average molecular weight is 535 g/mol. The zero-order valence-electron chi connectivity index (χ0n) is 20.2. The third-order valence-corrected chi connectivity index (χ3v) is 7.26. The number of aryl methyl sites for hydroxylation is 1. The Morgan fingerprint density at radius 2 is 1.81 bits per heavy atom. The van der Waals surface area contributed by atoms with Gasteiger partial charge in [-0.2, -0.15) is 0 Å². The van der Waals surface area contributed by atoms with Crippen LogP contribution in [0.1, 0.15) is 28.3 Å². The minimum Gasteiger partial charge on any atom is -0.507 e. The van der Waals surface area contributed by atoms with Gasteiger partial charge in [0.2, 0.25) is 0 Å². The number of aromatic amines is 1. The molecule has 5 rings (SSSR count). The van der Waals surface area contributed by atoms with E-state index in [1.807, 2.05) is 55.6 Å². The first kappa shape index (κ1) is 24.9. The smallest absolute Gasteiger partial charge is 0.295 e. The van der Waals surface area contributed by atoms with Crippen molar-refractivity contribution in [2.24, 2.45) is 0 Å². The lowest BCUT2D eigenvalue weighted by atomic mass is 9.94. The molecule has 3 aromatic carbocycles. The summed E-state index contributed by atoms with van der Waals surface area (Å²) in [5.41, 5.74) is 3.93. The van der Waals surface area contributed by atoms with E-state index in [0.717, 1.165) is 33.3 Å². The van der Waals surface area contributed by atoms with E-state index in [-0.39, 0.29) is 28.5 Å². The quantitative estimate of drug-likeness (QED) is 0.169. The van der Waals surface area contributed by atoms with Gasteiger partial charge in [-0.15, -0.1) is 0 Å². The van der Waals surface area contributed by atoms with Gasteiger partial charge in [0.05, 0.1) is 23.7 Å². The second kappa shape index (κ2) is 9.96. The second-order valence-electron chi connectivity index (χ2n) is 9.00. The molecular formula is C29H24Cl2N2O4. The van der Waals surface area contributed by atoms with Crippen molar-refractivity contribution in [3.8, 4) is 5.75 Å². The number of benzene rings is 3. The van der Waals surface area contributed by atoms with Crippen LogP contribution in [0.3, 0.4) is 0 Å². The highest BCUT2D eigenvalue weighted by molar-refractivity contribution is 6.47. The van der Waals surface area contributed by atoms with Crippen LogP contribution in [0.4, 0.5) is 0 Å². The van der Waals surface area contributed by atoms with Crippen LogP contribution in [0.5, 0.6) is 5.75 Å². The van der Waals surface area contributed by atoms with Crippen molar-refractivity contribution in [1.82, 2.24) is 9.88 Å². The largest absolute Gasteiger partial charge is 0.507 e. The van der Waals surface area contributed by atoms with Crippen LogP contribution in [0.2, 0.25) is 10.0 Å². The van der Waals surface area contributed by atoms with Gasteiger partial charge in [0.15, 0.2) is 0 Å². The maximum Gasteiger partial charge on any atom is 0.295 e. The number of hydrogen-bond donors (Lipinski definition) is 2. The number of Topliss-reactive ketones (excluding diaryl/α,β-unsaturated/α-hetero) is 1. The van der Waals surface area contributed by atoms with E-state index in [1.165, 1.54) is 11.0 Å². The Morgan fingerprint density at radius 3 is 2.51 bits per heavy atom. The molecule has 4 aromatic rings. The van der Waals surface area contributed by atoms with Crippen molar-refractivity contribution in [2.75, 3.05) is 13.7 Å². The molecule has 1 aromatic heterocycles. The highest BCUT2D eigenvalue weighted by Gasteiger charge is 2.46. The second-order valence-corrected chi connectivity index (χ2v) is 9.85. The van der Waals surface area contributed by atoms with Crippen LogP contribution in [-0.4, -0.2) is 40.3 Å². The van der Waals surface area contributed by atoms with Gasteiger partial charge in [0.1, 0.15) is 11.5 Å². The van der Waals surface area contributed by atoms with Gasteiger partial charge >= 0.3 is 0 Å². The summed E-state index contributed by atoms with van der Waals surface area (Å²) in [6, 6.07) is 17.1. The number of carbonyl (C=O) groups excluding carboxylic acids is 2. The first-order chi connectivity index (χ1) is 17.8. The summed E-state index contributed by atoms with van der Waals surface area (Å²) in [6.45, 7) is 2.22. The molecule has 188 valence electrons. The standard InChI is InChI=1S/C29H24Cl2N2O4/c1-16-3-5-17(6-4-16)26-25(27(34)21-9-7-19(30)13-23(21)31)28(35)29(36)33(26)12-11-18-15-32-24-10-8-20(37-2)14-22(18)24/h3-10,13-15,26,32,34H,11-12H2,1-2H3/t26-/m0/s1. The monoisotopic (exact) mass is 534 g/mol. The molecule has 0 aliphatic carbocycles. The number of halogens is 2. The Morgan fingerprint density at radius 1 is 1.05 bits per heavy atom. The van der Waals surface area contributed by atoms with E-state index < -0.39 is 17.7 Å². The number of nitrogens with zero attached hydrogens (tertiary/aromatic N) is 1. The van der Waals surface area contributed by atoms with Gasteiger partial charge in [-0.25, -0.2) is 0 Å². The van der Waals surface area contributed by atoms with Crippen LogP contribution < -0.4 is 4.74 Å². The van der Waals surface area contributed by atoms with Crippen LogP contribution in [0, 0.1) is 6.92 Å². The number of aliphatic hydroxyl groups excluding tert-OH is 1. The minimum atomic E-state index is -0.771. The van der Waals surface area contributed by atoms with E-state index in [1.54, 1.807) is 19.2 Å². The summed E-state index contributed by atoms with van der Waals surface area (Å²) in [5, 5.41) is 12.8. The normalized spacial score (nSPS) is 17.1. The van der Waals surface area contributed by atoms with Crippen molar-refractivity contribution < 1.29 is 19.4 Å². The Bertz CT molecular complexity index is 1560. The molecule has 6 nitrogen and oxygen atoms in total. The van der Waals surface area contributed by atoms with E-state index in [9.17, 15) is 14.7 Å². The van der Waals surface area contributed by atoms with Crippen LogP contribution in [0.15, 0.2) is 72.4 Å². The first-order valence-corrected chi connectivity index (χ1v) is 12.5. The summed E-state index contributed by atoms with van der Waals surface area (Å²) in [4.78, 5) is 31.4. The zero-order chi connectivity index (χ0) is 26.3. The van der Waals surface area contributed by atoms with Gasteiger partial charge in [0, 0.05) is 34.2 Å². The lowest BCUT2D eigenvalue weighted by Crippen LogP contribution is -2.31. The van der Waals surface area contributed by atoms with E-state index in [4.69, 9.17) is 27.9 Å². The molecule has 8 heteroatoms. The lowest BCUT2D eigenvalue weighted by molar-refractivity contribution is -0.139. The lowest BCUT2D eigenvalue weighted by Gasteiger charge is -2.25. The molecule has 1 amide bonds. The van der Waals surface area contributed by atoms with Gasteiger partial charge in [-0.1, -0.05) is 53.0 Å². The number of fused-ring (bicyclic) bond motifs is 1. The number of carbonyl (C=O) groups is 2. The molecule has 1 fully saturated rings. The topological polar surface area (TPSA) is 82.6 Å². The van der Waals surface area contributed by atoms with E-state index in [2.05, 4.69) is 4.98 Å². The van der Waals surface area contributed by atoms with Crippen molar-refractivity contribution in [1.29, 1.82) is 0 Å². The third kappa shape index (κ3) is 4.59. The fourth-order valence-electron chi connectivity index (χ4n) is 4.76. The van der Waals surface area contributed by atoms with Crippen molar-refractivity contribution >= 4 is 51.6 Å². The fourth-order valence-corrected chi connectivity index (χ4v) is 5.26. The average Bonchev–Trinajstić information content (AvgIpc) is 3.40. The first-order valence-electron chi connectivity index (χ1n) is 11.7. The fraction of sp³-hybridized carbons (Fsp3) is 0.172. The Labute approximate surface area is 224 Å². The molecule has 2 N–H and O–H groups in total. The van der Waals surface area contributed by atoms with Gasteiger partial charge in [0.25, 0.3) is 11.7 Å². The number of ketones is 1. The zero-order valence-corrected chi connectivity index (χ0v) is 21.7. The number of hydrogen-bond acceptors (Lipinski definition) is 4.